The second kappa shape index (κ2) is 6.21. The molecule has 112 valence electrons. The molecule has 0 spiro atoms. The van der Waals surface area contributed by atoms with E-state index in [4.69, 9.17) is 0 Å². The molecule has 1 saturated heterocycles. The zero-order valence-corrected chi connectivity index (χ0v) is 13.3. The van der Waals surface area contributed by atoms with Gasteiger partial charge in [-0.25, -0.2) is 0 Å². The summed E-state index contributed by atoms with van der Waals surface area (Å²) in [4.78, 5) is 14.7. The van der Waals surface area contributed by atoms with Crippen molar-refractivity contribution in [2.24, 2.45) is 0 Å². The number of amides is 1. The van der Waals surface area contributed by atoms with Crippen LogP contribution in [0.1, 0.15) is 16.1 Å². The maximum atomic E-state index is 12.3. The van der Waals surface area contributed by atoms with Gasteiger partial charge in [0.05, 0.1) is 4.88 Å². The summed E-state index contributed by atoms with van der Waals surface area (Å²) in [5.41, 5.74) is 0. The summed E-state index contributed by atoms with van der Waals surface area (Å²) in [5, 5.41) is 1.87. The molecular formula is C12H19N3O3S2. The molecule has 2 rings (SSSR count). The first kappa shape index (κ1) is 15.4. The maximum Gasteiger partial charge on any atom is 0.281 e. The summed E-state index contributed by atoms with van der Waals surface area (Å²) >= 11 is 1.41. The highest BCUT2D eigenvalue weighted by atomic mass is 32.2. The van der Waals surface area contributed by atoms with Gasteiger partial charge in [0.2, 0.25) is 0 Å². The Balaban J connectivity index is 2.05. The molecular weight excluding hydrogens is 298 g/mol. The highest BCUT2D eigenvalue weighted by molar-refractivity contribution is 7.86. The molecule has 0 bridgehead atoms. The lowest BCUT2D eigenvalue weighted by molar-refractivity contribution is 0.0769. The predicted molar refractivity (Wildman–Crippen MR) is 79.0 cm³/mol. The van der Waals surface area contributed by atoms with Crippen LogP contribution in [0, 0.1) is 0 Å². The number of carbonyl (C=O) groups is 1. The highest BCUT2D eigenvalue weighted by Crippen LogP contribution is 2.15. The van der Waals surface area contributed by atoms with Crippen molar-refractivity contribution >= 4 is 27.5 Å². The van der Waals surface area contributed by atoms with Crippen molar-refractivity contribution in [3.05, 3.63) is 22.4 Å². The molecule has 1 aliphatic heterocycles. The first-order valence-corrected chi connectivity index (χ1v) is 8.71. The fraction of sp³-hybridized carbons (Fsp3) is 0.583. The Kier molecular flexibility index (Phi) is 4.79. The van der Waals surface area contributed by atoms with Crippen LogP contribution in [0.25, 0.3) is 0 Å². The topological polar surface area (TPSA) is 60.9 Å². The third kappa shape index (κ3) is 3.20. The van der Waals surface area contributed by atoms with Crippen molar-refractivity contribution < 1.29 is 13.2 Å². The SMILES string of the molecule is CN(C)S(=O)(=O)N1CCCN(C(=O)c2cccs2)CC1. The van der Waals surface area contributed by atoms with E-state index in [1.807, 2.05) is 11.4 Å². The number of hydrogen-bond acceptors (Lipinski definition) is 4. The Morgan fingerprint density at radius 3 is 2.60 bits per heavy atom. The largest absolute Gasteiger partial charge is 0.337 e. The zero-order chi connectivity index (χ0) is 14.8. The molecule has 1 fully saturated rings. The summed E-state index contributed by atoms with van der Waals surface area (Å²) in [6.07, 6.45) is 0.657. The standard InChI is InChI=1S/C12H19N3O3S2/c1-13(2)20(17,18)15-7-4-6-14(8-9-15)12(16)11-5-3-10-19-11/h3,5,10H,4,6-9H2,1-2H3. The Morgan fingerprint density at radius 2 is 2.00 bits per heavy atom. The molecule has 1 aliphatic rings. The number of rotatable bonds is 3. The predicted octanol–water partition coefficient (Wildman–Crippen LogP) is 0.702. The van der Waals surface area contributed by atoms with Crippen molar-refractivity contribution in [1.82, 2.24) is 13.5 Å². The van der Waals surface area contributed by atoms with Crippen LogP contribution in [0.15, 0.2) is 17.5 Å². The fourth-order valence-corrected chi connectivity index (χ4v) is 3.94. The summed E-state index contributed by atoms with van der Waals surface area (Å²) < 4.78 is 26.8. The Labute approximate surface area is 123 Å². The van der Waals surface area contributed by atoms with Gasteiger partial charge in [-0.15, -0.1) is 11.3 Å². The lowest BCUT2D eigenvalue weighted by atomic mass is 10.3. The quantitative estimate of drug-likeness (QED) is 0.824. The fourth-order valence-electron chi connectivity index (χ4n) is 2.11. The lowest BCUT2D eigenvalue weighted by Gasteiger charge is -2.24. The zero-order valence-electron chi connectivity index (χ0n) is 11.7. The molecule has 2 heterocycles. The Morgan fingerprint density at radius 1 is 1.25 bits per heavy atom. The van der Waals surface area contributed by atoms with Gasteiger partial charge >= 0.3 is 0 Å². The number of hydrogen-bond donors (Lipinski definition) is 0. The van der Waals surface area contributed by atoms with Crippen molar-refractivity contribution in [3.8, 4) is 0 Å². The van der Waals surface area contributed by atoms with Crippen molar-refractivity contribution in [1.29, 1.82) is 0 Å². The van der Waals surface area contributed by atoms with E-state index >= 15 is 0 Å². The highest BCUT2D eigenvalue weighted by Gasteiger charge is 2.28. The summed E-state index contributed by atoms with van der Waals surface area (Å²) in [7, 11) is -0.350. The number of carbonyl (C=O) groups excluding carboxylic acids is 1. The molecule has 0 aliphatic carbocycles. The van der Waals surface area contributed by atoms with E-state index in [1.165, 1.54) is 34.0 Å². The van der Waals surface area contributed by atoms with E-state index < -0.39 is 10.2 Å². The number of nitrogens with zero attached hydrogens (tertiary/aromatic N) is 3. The van der Waals surface area contributed by atoms with Crippen LogP contribution in [0.2, 0.25) is 0 Å². The van der Waals surface area contributed by atoms with Gasteiger partial charge in [-0.2, -0.15) is 17.0 Å². The third-order valence-corrected chi connectivity index (χ3v) is 6.06. The van der Waals surface area contributed by atoms with E-state index in [9.17, 15) is 13.2 Å². The monoisotopic (exact) mass is 317 g/mol. The van der Waals surface area contributed by atoms with Gasteiger partial charge in [0.15, 0.2) is 0 Å². The van der Waals surface area contributed by atoms with Crippen LogP contribution >= 0.6 is 11.3 Å². The van der Waals surface area contributed by atoms with Gasteiger partial charge < -0.3 is 4.90 Å². The van der Waals surface area contributed by atoms with E-state index in [0.29, 0.717) is 37.5 Å². The molecule has 8 heteroatoms. The lowest BCUT2D eigenvalue weighted by Crippen LogP contribution is -2.42. The molecule has 0 unspecified atom stereocenters. The minimum Gasteiger partial charge on any atom is -0.337 e. The molecule has 1 amide bonds. The van der Waals surface area contributed by atoms with E-state index in [0.717, 1.165) is 0 Å². The van der Waals surface area contributed by atoms with E-state index in [-0.39, 0.29) is 5.91 Å². The molecule has 1 aromatic heterocycles. The van der Waals surface area contributed by atoms with Crippen LogP contribution in [-0.4, -0.2) is 68.1 Å². The summed E-state index contributed by atoms with van der Waals surface area (Å²) in [6, 6.07) is 3.64. The first-order chi connectivity index (χ1) is 9.43. The van der Waals surface area contributed by atoms with Crippen molar-refractivity contribution in [3.63, 3.8) is 0 Å². The Bertz CT molecular complexity index is 555. The van der Waals surface area contributed by atoms with Crippen molar-refractivity contribution in [2.45, 2.75) is 6.42 Å². The summed E-state index contributed by atoms with van der Waals surface area (Å²) in [5.74, 6) is -0.0101. The summed E-state index contributed by atoms with van der Waals surface area (Å²) in [6.45, 7) is 1.83. The molecule has 0 radical (unpaired) electrons. The molecule has 20 heavy (non-hydrogen) atoms. The molecule has 1 aromatic rings. The first-order valence-electron chi connectivity index (χ1n) is 6.43. The average molecular weight is 317 g/mol. The number of thiophene rings is 1. The Hall–Kier alpha value is -0.960. The van der Waals surface area contributed by atoms with Gasteiger partial charge in [-0.1, -0.05) is 6.07 Å². The van der Waals surface area contributed by atoms with Crippen LogP contribution in [0.5, 0.6) is 0 Å². The third-order valence-electron chi connectivity index (χ3n) is 3.26. The van der Waals surface area contributed by atoms with Crippen LogP contribution in [0.3, 0.4) is 0 Å². The second-order valence-corrected chi connectivity index (χ2v) is 7.90. The second-order valence-electron chi connectivity index (χ2n) is 4.81. The molecule has 0 atom stereocenters. The van der Waals surface area contributed by atoms with Gasteiger partial charge in [0.1, 0.15) is 0 Å². The van der Waals surface area contributed by atoms with E-state index in [1.54, 1.807) is 11.0 Å². The molecule has 0 aromatic carbocycles. The minimum atomic E-state index is -3.39. The molecule has 0 N–H and O–H groups in total. The van der Waals surface area contributed by atoms with E-state index in [2.05, 4.69) is 0 Å². The maximum absolute atomic E-state index is 12.3. The molecule has 0 saturated carbocycles. The van der Waals surface area contributed by atoms with Gasteiger partial charge in [-0.05, 0) is 17.9 Å². The smallest absolute Gasteiger partial charge is 0.281 e. The average Bonchev–Trinajstić information content (AvgIpc) is 2.81. The van der Waals surface area contributed by atoms with Gasteiger partial charge in [-0.3, -0.25) is 4.79 Å². The van der Waals surface area contributed by atoms with Gasteiger partial charge in [0.25, 0.3) is 16.1 Å². The van der Waals surface area contributed by atoms with Gasteiger partial charge in [0, 0.05) is 40.3 Å². The van der Waals surface area contributed by atoms with Crippen LogP contribution in [0.4, 0.5) is 0 Å². The molecule has 6 nitrogen and oxygen atoms in total. The van der Waals surface area contributed by atoms with Crippen LogP contribution < -0.4 is 0 Å². The van der Waals surface area contributed by atoms with Crippen LogP contribution in [-0.2, 0) is 10.2 Å². The normalized spacial score (nSPS) is 18.2. The van der Waals surface area contributed by atoms with Crippen molar-refractivity contribution in [2.75, 3.05) is 40.3 Å². The minimum absolute atomic E-state index is 0.0101.